The van der Waals surface area contributed by atoms with Gasteiger partial charge in [-0.05, 0) is 18.9 Å². The molecule has 0 atom stereocenters. The first-order valence-corrected chi connectivity index (χ1v) is 6.90. The fraction of sp³-hybridized carbons (Fsp3) is 0.400. The van der Waals surface area contributed by atoms with Gasteiger partial charge in [-0.2, -0.15) is 0 Å². The van der Waals surface area contributed by atoms with Gasteiger partial charge in [-0.25, -0.2) is 0 Å². The van der Waals surface area contributed by atoms with Crippen molar-refractivity contribution < 1.29 is 13.9 Å². The van der Waals surface area contributed by atoms with Crippen LogP contribution in [0.25, 0.3) is 10.8 Å². The van der Waals surface area contributed by atoms with Gasteiger partial charge in [0, 0.05) is 17.2 Å². The van der Waals surface area contributed by atoms with Gasteiger partial charge < -0.3 is 9.15 Å². The lowest BCUT2D eigenvalue weighted by molar-refractivity contribution is -0.128. The van der Waals surface area contributed by atoms with Crippen molar-refractivity contribution in [2.45, 2.75) is 32.1 Å². The predicted molar refractivity (Wildman–Crippen MR) is 75.4 cm³/mol. The SMILES string of the molecule is O=COCCCCCCc1occ2cccc(Cl)c12. The van der Waals surface area contributed by atoms with Gasteiger partial charge in [0.15, 0.2) is 0 Å². The summed E-state index contributed by atoms with van der Waals surface area (Å²) < 4.78 is 10.2. The van der Waals surface area contributed by atoms with Crippen LogP contribution in [0.15, 0.2) is 28.9 Å². The van der Waals surface area contributed by atoms with Gasteiger partial charge in [0.05, 0.1) is 17.9 Å². The van der Waals surface area contributed by atoms with E-state index in [9.17, 15) is 4.79 Å². The summed E-state index contributed by atoms with van der Waals surface area (Å²) in [6.45, 7) is 1.01. The Morgan fingerprint density at radius 3 is 2.89 bits per heavy atom. The minimum atomic E-state index is 0.497. The summed E-state index contributed by atoms with van der Waals surface area (Å²) in [6.07, 6.45) is 6.76. The van der Waals surface area contributed by atoms with E-state index in [0.717, 1.165) is 53.7 Å². The summed E-state index contributed by atoms with van der Waals surface area (Å²) in [4.78, 5) is 9.96. The van der Waals surface area contributed by atoms with E-state index in [1.54, 1.807) is 6.26 Å². The molecule has 0 N–H and O–H groups in total. The van der Waals surface area contributed by atoms with Crippen molar-refractivity contribution in [2.24, 2.45) is 0 Å². The van der Waals surface area contributed by atoms with Gasteiger partial charge in [0.1, 0.15) is 5.76 Å². The number of aryl methyl sites for hydroxylation is 1. The molecule has 0 saturated heterocycles. The number of unbranched alkanes of at least 4 members (excludes halogenated alkanes) is 3. The fourth-order valence-electron chi connectivity index (χ4n) is 2.18. The summed E-state index contributed by atoms with van der Waals surface area (Å²) in [5.41, 5.74) is 0. The highest BCUT2D eigenvalue weighted by atomic mass is 35.5. The highest BCUT2D eigenvalue weighted by molar-refractivity contribution is 6.35. The molecule has 1 aromatic heterocycles. The number of carbonyl (C=O) groups excluding carboxylic acids is 1. The lowest BCUT2D eigenvalue weighted by atomic mass is 10.1. The Balaban J connectivity index is 1.80. The first-order chi connectivity index (χ1) is 9.33. The van der Waals surface area contributed by atoms with E-state index in [2.05, 4.69) is 4.74 Å². The third kappa shape index (κ3) is 3.74. The molecule has 1 heterocycles. The van der Waals surface area contributed by atoms with Crippen molar-refractivity contribution in [3.63, 3.8) is 0 Å². The van der Waals surface area contributed by atoms with Gasteiger partial charge in [-0.15, -0.1) is 0 Å². The Bertz CT molecular complexity index is 533. The third-order valence-electron chi connectivity index (χ3n) is 3.14. The molecule has 0 bridgehead atoms. The Hall–Kier alpha value is -1.48. The second kappa shape index (κ2) is 7.19. The molecule has 4 heteroatoms. The molecule has 0 fully saturated rings. The molecule has 0 aliphatic rings. The van der Waals surface area contributed by atoms with Crippen LogP contribution in [0, 0.1) is 0 Å². The minimum Gasteiger partial charge on any atom is -0.468 e. The number of carbonyl (C=O) groups is 1. The van der Waals surface area contributed by atoms with E-state index in [4.69, 9.17) is 16.0 Å². The maximum absolute atomic E-state index is 9.96. The van der Waals surface area contributed by atoms with Crippen LogP contribution in [0.2, 0.25) is 5.02 Å². The molecule has 3 nitrogen and oxygen atoms in total. The van der Waals surface area contributed by atoms with E-state index in [1.165, 1.54) is 0 Å². The second-order valence-corrected chi connectivity index (χ2v) is 4.90. The van der Waals surface area contributed by atoms with E-state index in [-0.39, 0.29) is 0 Å². The van der Waals surface area contributed by atoms with Crippen LogP contribution >= 0.6 is 11.6 Å². The first kappa shape index (κ1) is 13.9. The summed E-state index contributed by atoms with van der Waals surface area (Å²) in [5.74, 6) is 0.963. The quantitative estimate of drug-likeness (QED) is 0.533. The highest BCUT2D eigenvalue weighted by Gasteiger charge is 2.08. The van der Waals surface area contributed by atoms with Gasteiger partial charge in [0.2, 0.25) is 0 Å². The van der Waals surface area contributed by atoms with Crippen molar-refractivity contribution in [3.05, 3.63) is 35.2 Å². The minimum absolute atomic E-state index is 0.497. The summed E-state index contributed by atoms with van der Waals surface area (Å²) in [6, 6.07) is 5.82. The number of rotatable bonds is 8. The molecule has 19 heavy (non-hydrogen) atoms. The molecule has 2 rings (SSSR count). The van der Waals surface area contributed by atoms with Crippen LogP contribution in [0.5, 0.6) is 0 Å². The van der Waals surface area contributed by atoms with Gasteiger partial charge in [0.25, 0.3) is 6.47 Å². The molecule has 0 spiro atoms. The number of ether oxygens (including phenoxy) is 1. The van der Waals surface area contributed by atoms with Crippen LogP contribution in [0.4, 0.5) is 0 Å². The summed E-state index contributed by atoms with van der Waals surface area (Å²) >= 11 is 6.19. The van der Waals surface area contributed by atoms with Crippen LogP contribution in [0.1, 0.15) is 31.4 Å². The van der Waals surface area contributed by atoms with Gasteiger partial charge in [-0.1, -0.05) is 36.6 Å². The normalized spacial score (nSPS) is 10.8. The number of hydrogen-bond acceptors (Lipinski definition) is 3. The lowest BCUT2D eigenvalue weighted by Crippen LogP contribution is -1.92. The summed E-state index contributed by atoms with van der Waals surface area (Å²) in [7, 11) is 0. The van der Waals surface area contributed by atoms with Gasteiger partial charge in [-0.3, -0.25) is 4.79 Å². The maximum atomic E-state index is 9.96. The molecule has 0 radical (unpaired) electrons. The molecule has 0 aliphatic heterocycles. The predicted octanol–water partition coefficient (Wildman–Crippen LogP) is 4.36. The fourth-order valence-corrected chi connectivity index (χ4v) is 2.47. The summed E-state index contributed by atoms with van der Waals surface area (Å²) in [5, 5.41) is 2.84. The van der Waals surface area contributed by atoms with E-state index < -0.39 is 0 Å². The smallest absolute Gasteiger partial charge is 0.293 e. The van der Waals surface area contributed by atoms with E-state index in [0.29, 0.717) is 13.1 Å². The molecule has 0 amide bonds. The Morgan fingerprint density at radius 1 is 1.21 bits per heavy atom. The number of hydrogen-bond donors (Lipinski definition) is 0. The lowest BCUT2D eigenvalue weighted by Gasteiger charge is -2.01. The Morgan fingerprint density at radius 2 is 2.05 bits per heavy atom. The first-order valence-electron chi connectivity index (χ1n) is 6.53. The van der Waals surface area contributed by atoms with Crippen molar-refractivity contribution in [1.29, 1.82) is 0 Å². The number of halogens is 1. The molecule has 0 aliphatic carbocycles. The maximum Gasteiger partial charge on any atom is 0.293 e. The Kier molecular flexibility index (Phi) is 5.28. The topological polar surface area (TPSA) is 39.4 Å². The zero-order chi connectivity index (χ0) is 13.5. The van der Waals surface area contributed by atoms with Crippen molar-refractivity contribution in [3.8, 4) is 0 Å². The zero-order valence-electron chi connectivity index (χ0n) is 10.7. The van der Waals surface area contributed by atoms with Crippen LogP contribution in [0.3, 0.4) is 0 Å². The van der Waals surface area contributed by atoms with Crippen LogP contribution < -0.4 is 0 Å². The molecular weight excluding hydrogens is 264 g/mol. The molecule has 2 aromatic rings. The average molecular weight is 281 g/mol. The largest absolute Gasteiger partial charge is 0.468 e. The molecule has 102 valence electrons. The number of furan rings is 1. The van der Waals surface area contributed by atoms with E-state index >= 15 is 0 Å². The number of benzene rings is 1. The van der Waals surface area contributed by atoms with E-state index in [1.807, 2.05) is 18.2 Å². The third-order valence-corrected chi connectivity index (χ3v) is 3.45. The second-order valence-electron chi connectivity index (χ2n) is 4.49. The zero-order valence-corrected chi connectivity index (χ0v) is 11.5. The van der Waals surface area contributed by atoms with Crippen molar-refractivity contribution in [1.82, 2.24) is 0 Å². The van der Waals surface area contributed by atoms with Crippen LogP contribution in [-0.4, -0.2) is 13.1 Å². The van der Waals surface area contributed by atoms with Gasteiger partial charge >= 0.3 is 0 Å². The van der Waals surface area contributed by atoms with Crippen molar-refractivity contribution >= 4 is 28.8 Å². The standard InChI is InChI=1S/C15H17ClO3/c16-13-7-5-6-12-10-19-14(15(12)13)8-3-1-2-4-9-18-11-17/h5-7,10-11H,1-4,8-9H2. The molecule has 1 aromatic carbocycles. The van der Waals surface area contributed by atoms with Crippen LogP contribution in [-0.2, 0) is 16.0 Å². The average Bonchev–Trinajstić information content (AvgIpc) is 2.82. The number of fused-ring (bicyclic) bond motifs is 1. The molecule has 0 unspecified atom stereocenters. The molecular formula is C15H17ClO3. The highest BCUT2D eigenvalue weighted by Crippen LogP contribution is 2.29. The monoisotopic (exact) mass is 280 g/mol. The molecule has 0 saturated carbocycles. The Labute approximate surface area is 117 Å². The van der Waals surface area contributed by atoms with Crippen molar-refractivity contribution in [2.75, 3.05) is 6.61 Å².